The first-order valence-corrected chi connectivity index (χ1v) is 13.2. The van der Waals surface area contributed by atoms with Gasteiger partial charge in [0, 0.05) is 5.92 Å². The van der Waals surface area contributed by atoms with Crippen molar-refractivity contribution in [1.29, 1.82) is 0 Å². The molecule has 24 heteroatoms. The molecule has 1 aliphatic rings. The first kappa shape index (κ1) is 40.9. The number of alkyl carbamates (subject to hydrolysis) is 1. The van der Waals surface area contributed by atoms with Gasteiger partial charge in [-0.05, 0) is 22.3 Å². The molecular weight excluding hydrogens is 757 g/mol. The molecule has 1 atom stereocenters. The van der Waals surface area contributed by atoms with E-state index >= 15 is 0 Å². The van der Waals surface area contributed by atoms with E-state index in [4.69, 9.17) is 9.84 Å². The lowest BCUT2D eigenvalue weighted by Gasteiger charge is -2.42. The number of halogens is 17. The number of hydrogen-bond acceptors (Lipinski definition) is 5. The SMILES string of the molecule is O=C(C[C@H](NC(=O)OCC1c2ccccc2-c2ccccc21)C(=O)O)OC(F)(F)C(F)(F)C(F)(F)C(F)(F)C(F)(F)C(F)(F)C(F)(F)C(F)(F)F. The van der Waals surface area contributed by atoms with E-state index in [-0.39, 0.29) is 0 Å². The summed E-state index contributed by atoms with van der Waals surface area (Å²) < 4.78 is 235. The summed E-state index contributed by atoms with van der Waals surface area (Å²) in [6.07, 6.45) is -19.5. The Morgan fingerprint density at radius 1 is 0.627 bits per heavy atom. The number of nitrogens with one attached hydrogen (secondary N) is 1. The van der Waals surface area contributed by atoms with E-state index in [0.29, 0.717) is 22.3 Å². The van der Waals surface area contributed by atoms with E-state index in [1.54, 1.807) is 48.5 Å². The Morgan fingerprint density at radius 3 is 1.43 bits per heavy atom. The van der Waals surface area contributed by atoms with Crippen LogP contribution in [0.4, 0.5) is 79.4 Å². The van der Waals surface area contributed by atoms with Crippen molar-refractivity contribution in [3.8, 4) is 11.1 Å². The van der Waals surface area contributed by atoms with Crippen molar-refractivity contribution >= 4 is 18.0 Å². The molecule has 1 aliphatic carbocycles. The molecule has 0 spiro atoms. The maximum Gasteiger partial charge on any atom is 0.473 e. The predicted molar refractivity (Wildman–Crippen MR) is 131 cm³/mol. The van der Waals surface area contributed by atoms with Gasteiger partial charge in [0.1, 0.15) is 12.6 Å². The number of fused-ring (bicyclic) bond motifs is 3. The molecule has 284 valence electrons. The van der Waals surface area contributed by atoms with Crippen LogP contribution in [-0.4, -0.2) is 83.6 Å². The van der Waals surface area contributed by atoms with Crippen LogP contribution >= 0.6 is 0 Å². The Hall–Kier alpha value is -4.54. The molecule has 2 aromatic carbocycles. The van der Waals surface area contributed by atoms with E-state index in [2.05, 4.69) is 4.74 Å². The zero-order chi connectivity index (χ0) is 39.4. The third-order valence-electron chi connectivity index (χ3n) is 7.24. The Morgan fingerprint density at radius 2 is 1.02 bits per heavy atom. The molecule has 0 aliphatic heterocycles. The second-order valence-electron chi connectivity index (χ2n) is 10.5. The van der Waals surface area contributed by atoms with Crippen LogP contribution in [0.3, 0.4) is 0 Å². The molecule has 2 N–H and O–H groups in total. The average Bonchev–Trinajstić information content (AvgIpc) is 3.31. The molecule has 0 saturated carbocycles. The van der Waals surface area contributed by atoms with Gasteiger partial charge in [-0.2, -0.15) is 74.6 Å². The molecule has 0 aromatic heterocycles. The standard InChI is InChI=1S/C27H16F17NO6/c28-20(29,22(32,33)24(36,37)26(40,41)42)21(30,31)23(34,35)25(38,39)27(43,44)51-17(46)9-16(18(47)48)45-19(49)50-10-15-13-7-3-1-5-11(13)12-6-2-4-8-14(12)15/h1-8,15-16H,9-10H2,(H,45,49)(H,47,48)/t16-/m0/s1. The highest BCUT2D eigenvalue weighted by Crippen LogP contribution is 2.64. The van der Waals surface area contributed by atoms with Gasteiger partial charge >= 0.3 is 65.9 Å². The summed E-state index contributed by atoms with van der Waals surface area (Å²) in [5, 5.41) is 10.5. The number of carbonyl (C=O) groups excluding carboxylic acids is 2. The van der Waals surface area contributed by atoms with Crippen molar-refractivity contribution in [3.05, 3.63) is 59.7 Å². The van der Waals surface area contributed by atoms with Crippen LogP contribution in [0, 0.1) is 0 Å². The molecule has 0 fully saturated rings. The number of carboxylic acid groups (broad SMARTS) is 1. The Kier molecular flexibility index (Phi) is 10.3. The molecule has 2 aromatic rings. The molecular formula is C27H16F17NO6. The normalized spacial score (nSPS) is 15.5. The van der Waals surface area contributed by atoms with E-state index in [1.807, 2.05) is 0 Å². The molecule has 0 saturated heterocycles. The van der Waals surface area contributed by atoms with Gasteiger partial charge in [-0.3, -0.25) is 4.79 Å². The van der Waals surface area contributed by atoms with Gasteiger partial charge in [0.25, 0.3) is 0 Å². The molecule has 1 amide bonds. The first-order valence-electron chi connectivity index (χ1n) is 13.2. The topological polar surface area (TPSA) is 102 Å². The molecule has 0 bridgehead atoms. The highest BCUT2D eigenvalue weighted by atomic mass is 19.4. The Bertz CT molecular complexity index is 1610. The smallest absolute Gasteiger partial charge is 0.473 e. The summed E-state index contributed by atoms with van der Waals surface area (Å²) in [5.41, 5.74) is 2.61. The predicted octanol–water partition coefficient (Wildman–Crippen LogP) is 7.88. The largest absolute Gasteiger partial charge is 0.480 e. The summed E-state index contributed by atoms with van der Waals surface area (Å²) >= 11 is 0. The van der Waals surface area contributed by atoms with E-state index < -0.39 is 90.8 Å². The Balaban J connectivity index is 1.76. The van der Waals surface area contributed by atoms with Crippen LogP contribution in [0.2, 0.25) is 0 Å². The summed E-state index contributed by atoms with van der Waals surface area (Å²) in [7, 11) is 0. The fourth-order valence-corrected chi connectivity index (χ4v) is 4.55. The number of carbonyl (C=O) groups is 3. The monoisotopic (exact) mass is 773 g/mol. The van der Waals surface area contributed by atoms with Gasteiger partial charge in [0.05, 0.1) is 6.42 Å². The van der Waals surface area contributed by atoms with Crippen molar-refractivity contribution in [2.45, 2.75) is 66.2 Å². The molecule has 7 nitrogen and oxygen atoms in total. The third kappa shape index (κ3) is 6.55. The van der Waals surface area contributed by atoms with Crippen LogP contribution in [0.25, 0.3) is 11.1 Å². The summed E-state index contributed by atoms with van der Waals surface area (Å²) in [4.78, 5) is 35.5. The number of amides is 1. The highest BCUT2D eigenvalue weighted by molar-refractivity contribution is 5.85. The summed E-state index contributed by atoms with van der Waals surface area (Å²) in [6, 6.07) is 10.3. The molecule has 0 radical (unpaired) electrons. The fraction of sp³-hybridized carbons (Fsp3) is 0.444. The Labute approximate surface area is 271 Å². The molecule has 51 heavy (non-hydrogen) atoms. The quantitative estimate of drug-likeness (QED) is 0.159. The molecule has 0 unspecified atom stereocenters. The lowest BCUT2D eigenvalue weighted by Crippen LogP contribution is -2.74. The minimum absolute atomic E-state index is 0.567. The number of benzene rings is 2. The number of hydrogen-bond donors (Lipinski definition) is 2. The van der Waals surface area contributed by atoms with Gasteiger partial charge in [0.2, 0.25) is 0 Å². The maximum absolute atomic E-state index is 14.0. The highest BCUT2D eigenvalue weighted by Gasteiger charge is 2.96. The summed E-state index contributed by atoms with van der Waals surface area (Å²) in [5.74, 6) is -58.2. The number of rotatable bonds is 13. The number of carboxylic acids is 1. The average molecular weight is 773 g/mol. The van der Waals surface area contributed by atoms with Gasteiger partial charge in [-0.1, -0.05) is 48.5 Å². The van der Waals surface area contributed by atoms with E-state index in [1.165, 1.54) is 5.32 Å². The van der Waals surface area contributed by atoms with Gasteiger partial charge in [-0.25, -0.2) is 9.59 Å². The number of alkyl halides is 17. The first-order chi connectivity index (χ1) is 22.9. The minimum Gasteiger partial charge on any atom is -0.480 e. The van der Waals surface area contributed by atoms with Crippen LogP contribution in [-0.2, 0) is 19.1 Å². The summed E-state index contributed by atoms with van der Waals surface area (Å²) in [6.45, 7) is -0.567. The van der Waals surface area contributed by atoms with Gasteiger partial charge in [0.15, 0.2) is 0 Å². The van der Waals surface area contributed by atoms with Crippen molar-refractivity contribution < 1.29 is 104 Å². The van der Waals surface area contributed by atoms with Gasteiger partial charge in [-0.15, -0.1) is 0 Å². The maximum atomic E-state index is 14.0. The third-order valence-corrected chi connectivity index (χ3v) is 7.24. The second-order valence-corrected chi connectivity index (χ2v) is 10.5. The lowest BCUT2D eigenvalue weighted by atomic mass is 9.90. The second kappa shape index (κ2) is 12.9. The number of aliphatic carboxylic acids is 1. The van der Waals surface area contributed by atoms with Crippen molar-refractivity contribution in [3.63, 3.8) is 0 Å². The fourth-order valence-electron chi connectivity index (χ4n) is 4.55. The van der Waals surface area contributed by atoms with Crippen molar-refractivity contribution in [2.75, 3.05) is 6.61 Å². The van der Waals surface area contributed by atoms with E-state index in [0.717, 1.165) is 0 Å². The lowest BCUT2D eigenvalue weighted by molar-refractivity contribution is -0.474. The number of ether oxygens (including phenoxy) is 2. The van der Waals surface area contributed by atoms with Crippen molar-refractivity contribution in [2.24, 2.45) is 0 Å². The van der Waals surface area contributed by atoms with Crippen LogP contribution in [0.15, 0.2) is 48.5 Å². The zero-order valence-electron chi connectivity index (χ0n) is 24.1. The van der Waals surface area contributed by atoms with Crippen LogP contribution in [0.1, 0.15) is 23.5 Å². The van der Waals surface area contributed by atoms with E-state index in [9.17, 15) is 89.0 Å². The van der Waals surface area contributed by atoms with Crippen LogP contribution < -0.4 is 5.32 Å². The van der Waals surface area contributed by atoms with Crippen LogP contribution in [0.5, 0.6) is 0 Å². The molecule has 0 heterocycles. The zero-order valence-corrected chi connectivity index (χ0v) is 24.1. The number of esters is 1. The minimum atomic E-state index is -8.91. The van der Waals surface area contributed by atoms with Crippen molar-refractivity contribution in [1.82, 2.24) is 5.32 Å². The van der Waals surface area contributed by atoms with Gasteiger partial charge < -0.3 is 19.9 Å². The molecule has 3 rings (SSSR count).